The average Bonchev–Trinajstić information content (AvgIpc) is 0.918. The van der Waals surface area contributed by atoms with Crippen LogP contribution in [0.5, 0.6) is 0 Å². The van der Waals surface area contributed by atoms with E-state index in [-0.39, 0.29) is 30.4 Å². The Morgan fingerprint density at radius 2 is 1.75 bits per heavy atom. The largest absolute Gasteiger partial charge is 0 e. The van der Waals surface area contributed by atoms with Gasteiger partial charge >= 0.3 is 17.1 Å². The summed E-state index contributed by atoms with van der Waals surface area (Å²) in [5.74, 6) is 0. The molecule has 0 aliphatic rings. The second kappa shape index (κ2) is 9.90. The van der Waals surface area contributed by atoms with Crippen molar-refractivity contribution in [3.63, 3.8) is 0 Å². The Morgan fingerprint density at radius 1 is 1.75 bits per heavy atom. The smallest absolute Gasteiger partial charge is 0 e. The van der Waals surface area contributed by atoms with E-state index in [0.717, 1.165) is 0 Å². The molecule has 1 N–H and O–H groups in total. The monoisotopic (exact) mass is 68.0 g/mol. The van der Waals surface area contributed by atoms with E-state index in [1.165, 1.54) is 0 Å². The van der Waals surface area contributed by atoms with Gasteiger partial charge in [-0.25, -0.2) is 0 Å². The Morgan fingerprint density at radius 3 is 1.75 bits per heavy atom. The summed E-state index contributed by atoms with van der Waals surface area (Å²) in [4.78, 5) is 0. The maximum Gasteiger partial charge on any atom is 0 e. The van der Waals surface area contributed by atoms with Crippen molar-refractivity contribution in [3.8, 4) is 0 Å². The molecule has 0 heterocycles. The van der Waals surface area contributed by atoms with Crippen molar-refractivity contribution < 1.29 is 9.73 Å². The van der Waals surface area contributed by atoms with Crippen LogP contribution in [0.4, 0.5) is 0 Å². The first-order chi connectivity index (χ1) is 1.41. The van der Waals surface area contributed by atoms with Gasteiger partial charge in [-0.2, -0.15) is 0 Å². The van der Waals surface area contributed by atoms with Gasteiger partial charge < -0.3 is 0 Å². The molecule has 2 radical (unpaired) electrons. The number of rotatable bonds is 0. The van der Waals surface area contributed by atoms with Crippen LogP contribution in [0.3, 0.4) is 0 Å². The van der Waals surface area contributed by atoms with Gasteiger partial charge in [-0.3, -0.25) is 0 Å². The molecule has 2 nitrogen and oxygen atoms in total. The summed E-state index contributed by atoms with van der Waals surface area (Å²) < 4.78 is 8.36. The Hall–Kier alpha value is 0.431. The Labute approximate surface area is 40.6 Å². The van der Waals surface area contributed by atoms with E-state index in [2.05, 4.69) is 0 Å². The quantitative estimate of drug-likeness (QED) is 0.353. The van der Waals surface area contributed by atoms with E-state index in [1.54, 1.807) is 0 Å². The second-order valence-corrected chi connectivity index (χ2v) is 0.105. The summed E-state index contributed by atoms with van der Waals surface area (Å²) in [6.07, 6.45) is 0. The molecule has 18 valence electrons. The van der Waals surface area contributed by atoms with Crippen LogP contribution in [0.2, 0.25) is 0 Å². The van der Waals surface area contributed by atoms with Crippen molar-refractivity contribution in [1.29, 1.82) is 0 Å². The van der Waals surface area contributed by atoms with Crippen LogP contribution in [-0.4, -0.2) is 35.4 Å². The fourth-order valence-corrected chi connectivity index (χ4v) is 0. The van der Waals surface area contributed by atoms with Gasteiger partial charge in [0.2, 0.25) is 0 Å². The predicted octanol–water partition coefficient (Wildman–Crippen LogP) is -1.44. The van der Waals surface area contributed by atoms with Gasteiger partial charge in [0.15, 0.2) is 0 Å². The molecule has 0 fully saturated rings. The van der Waals surface area contributed by atoms with Gasteiger partial charge in [0, 0.05) is 23.1 Å². The van der Waals surface area contributed by atoms with E-state index in [1.807, 2.05) is 0 Å². The van der Waals surface area contributed by atoms with Crippen LogP contribution in [0.1, 0.15) is 0 Å². The third-order valence-electron chi connectivity index (χ3n) is 0. The summed E-state index contributed by atoms with van der Waals surface area (Å²) in [5, 5.41) is 6.89. The molecule has 0 spiro atoms. The minimum Gasteiger partial charge on any atom is 0 e. The summed E-state index contributed by atoms with van der Waals surface area (Å²) in [5.41, 5.74) is 0. The topological polar surface area (TPSA) is 37.3 Å². The molecular weight excluding hydrogens is 67.1 g/mol. The van der Waals surface area contributed by atoms with Gasteiger partial charge in [-0.15, -0.1) is 0 Å². The predicted molar refractivity (Wildman–Crippen MR) is 14.4 cm³/mol. The van der Waals surface area contributed by atoms with E-state index >= 15 is 0 Å². The minimum atomic E-state index is -0.250. The average molecular weight is 68.1 g/mol. The van der Waals surface area contributed by atoms with Crippen molar-refractivity contribution in [2.75, 3.05) is 0 Å². The zero-order valence-electron chi connectivity index (χ0n) is 2.14. The molecule has 0 aromatic carbocycles. The van der Waals surface area contributed by atoms with Crippen LogP contribution in [-0.2, 0) is 4.70 Å². The van der Waals surface area contributed by atoms with Gasteiger partial charge in [0.05, 0.1) is 0 Å². The van der Waals surface area contributed by atoms with Crippen molar-refractivity contribution in [1.82, 2.24) is 0 Å². The molecule has 0 aliphatic carbocycles. The normalized spacial score (nSPS) is 2.00. The third-order valence-corrected chi connectivity index (χ3v) is 0. The first-order valence-corrected chi connectivity index (χ1v) is 0.494. The number of hydrogen-bond donors (Lipinski definition) is 1. The summed E-state index contributed by atoms with van der Waals surface area (Å²) in [6, 6.07) is 0. The van der Waals surface area contributed by atoms with Crippen molar-refractivity contribution in [2.45, 2.75) is 0 Å². The zero-order chi connectivity index (χ0) is 2.71. The van der Waals surface area contributed by atoms with E-state index < -0.39 is 0 Å². The zero-order valence-corrected chi connectivity index (χ0v) is 3.55. The molecule has 0 aromatic heterocycles. The molecule has 0 saturated carbocycles. The third kappa shape index (κ3) is 26.8. The number of hydrogen-bond acceptors (Lipinski definition) is 1. The standard InChI is InChI=1S/BHO2.Mg/c2-1-3;/h2H;. The first kappa shape index (κ1) is 8.83. The molecule has 0 amide bonds. The molecular formula is HBMgO2. The molecule has 0 bridgehead atoms. The molecule has 0 saturated heterocycles. The fraction of sp³-hybridized carbons (Fsp3) is 0. The Kier molecular flexibility index (Phi) is 21.8. The van der Waals surface area contributed by atoms with Crippen LogP contribution in [0.25, 0.3) is 0 Å². The van der Waals surface area contributed by atoms with Gasteiger partial charge in [0.1, 0.15) is 0 Å². The van der Waals surface area contributed by atoms with Crippen LogP contribution in [0.15, 0.2) is 0 Å². The van der Waals surface area contributed by atoms with E-state index in [4.69, 9.17) is 9.73 Å². The van der Waals surface area contributed by atoms with Crippen LogP contribution < -0.4 is 0 Å². The fourth-order valence-electron chi connectivity index (χ4n) is 0. The van der Waals surface area contributed by atoms with Crippen molar-refractivity contribution >= 4 is 30.4 Å². The molecule has 0 atom stereocenters. The molecule has 0 aromatic rings. The van der Waals surface area contributed by atoms with Crippen LogP contribution >= 0.6 is 0 Å². The summed E-state index contributed by atoms with van der Waals surface area (Å²) in [6.45, 7) is 0. The Balaban J connectivity index is 0. The van der Waals surface area contributed by atoms with E-state index in [9.17, 15) is 0 Å². The molecule has 0 rings (SSSR count). The molecule has 4 heteroatoms. The van der Waals surface area contributed by atoms with Gasteiger partial charge in [-0.1, -0.05) is 0 Å². The van der Waals surface area contributed by atoms with Crippen LogP contribution in [0, 0.1) is 0 Å². The Bertz CT molecular complexity index is 13.5. The maximum absolute atomic E-state index is 8.36. The summed E-state index contributed by atoms with van der Waals surface area (Å²) in [7, 11) is -0.250. The molecule has 0 aliphatic heterocycles. The minimum absolute atomic E-state index is 0. The van der Waals surface area contributed by atoms with Gasteiger partial charge in [-0.05, 0) is 0 Å². The van der Waals surface area contributed by atoms with E-state index in [0.29, 0.717) is 0 Å². The SMILES string of the molecule is O=BO.[Mg]. The van der Waals surface area contributed by atoms with Crippen molar-refractivity contribution in [2.24, 2.45) is 0 Å². The maximum atomic E-state index is 8.36. The van der Waals surface area contributed by atoms with Gasteiger partial charge in [0.25, 0.3) is 0 Å². The summed E-state index contributed by atoms with van der Waals surface area (Å²) >= 11 is 0. The first-order valence-electron chi connectivity index (χ1n) is 0.494. The molecule has 4 heavy (non-hydrogen) atoms. The van der Waals surface area contributed by atoms with Crippen molar-refractivity contribution in [3.05, 3.63) is 0 Å². The second-order valence-electron chi connectivity index (χ2n) is 0.105. The molecule has 0 unspecified atom stereocenters.